The SMILES string of the molecule is COCCn1cc(NC(=O)CCNC(C)C)ccc1=O. The summed E-state index contributed by atoms with van der Waals surface area (Å²) in [6, 6.07) is 3.41. The lowest BCUT2D eigenvalue weighted by atomic mass is 10.3. The van der Waals surface area contributed by atoms with Crippen molar-refractivity contribution in [2.24, 2.45) is 0 Å². The van der Waals surface area contributed by atoms with E-state index in [1.807, 2.05) is 13.8 Å². The predicted molar refractivity (Wildman–Crippen MR) is 79.0 cm³/mol. The first-order chi connectivity index (χ1) is 9.52. The fraction of sp³-hybridized carbons (Fsp3) is 0.571. The third kappa shape index (κ3) is 5.99. The van der Waals surface area contributed by atoms with Crippen LogP contribution < -0.4 is 16.2 Å². The van der Waals surface area contributed by atoms with Crippen LogP contribution in [0.15, 0.2) is 23.1 Å². The molecule has 6 nitrogen and oxygen atoms in total. The zero-order chi connectivity index (χ0) is 15.0. The smallest absolute Gasteiger partial charge is 0.250 e. The maximum Gasteiger partial charge on any atom is 0.250 e. The van der Waals surface area contributed by atoms with Crippen molar-refractivity contribution in [3.63, 3.8) is 0 Å². The molecule has 1 amide bonds. The Bertz CT molecular complexity index is 483. The summed E-state index contributed by atoms with van der Waals surface area (Å²) in [6.07, 6.45) is 2.03. The number of aromatic nitrogens is 1. The highest BCUT2D eigenvalue weighted by atomic mass is 16.5. The molecule has 6 heteroatoms. The van der Waals surface area contributed by atoms with Gasteiger partial charge in [-0.3, -0.25) is 9.59 Å². The average molecular weight is 281 g/mol. The third-order valence-electron chi connectivity index (χ3n) is 2.71. The summed E-state index contributed by atoms with van der Waals surface area (Å²) in [4.78, 5) is 23.3. The van der Waals surface area contributed by atoms with Crippen LogP contribution >= 0.6 is 0 Å². The number of nitrogens with one attached hydrogen (secondary N) is 2. The summed E-state index contributed by atoms with van der Waals surface area (Å²) < 4.78 is 6.46. The van der Waals surface area contributed by atoms with Gasteiger partial charge in [0.2, 0.25) is 5.91 Å². The van der Waals surface area contributed by atoms with E-state index < -0.39 is 0 Å². The molecule has 1 rings (SSSR count). The van der Waals surface area contributed by atoms with Crippen LogP contribution in [0.4, 0.5) is 5.69 Å². The number of methoxy groups -OCH3 is 1. The van der Waals surface area contributed by atoms with E-state index in [0.717, 1.165) is 0 Å². The van der Waals surface area contributed by atoms with E-state index >= 15 is 0 Å². The Labute approximate surface area is 119 Å². The van der Waals surface area contributed by atoms with Gasteiger partial charge in [0.1, 0.15) is 0 Å². The zero-order valence-corrected chi connectivity index (χ0v) is 12.3. The first-order valence-electron chi connectivity index (χ1n) is 6.75. The minimum Gasteiger partial charge on any atom is -0.383 e. The van der Waals surface area contributed by atoms with E-state index in [9.17, 15) is 9.59 Å². The van der Waals surface area contributed by atoms with Crippen molar-refractivity contribution < 1.29 is 9.53 Å². The second-order valence-corrected chi connectivity index (χ2v) is 4.85. The largest absolute Gasteiger partial charge is 0.383 e. The van der Waals surface area contributed by atoms with Gasteiger partial charge >= 0.3 is 0 Å². The minimum absolute atomic E-state index is 0.0740. The minimum atomic E-state index is -0.110. The summed E-state index contributed by atoms with van der Waals surface area (Å²) in [5, 5.41) is 5.96. The normalized spacial score (nSPS) is 10.8. The van der Waals surface area contributed by atoms with Gasteiger partial charge in [-0.05, 0) is 6.07 Å². The van der Waals surface area contributed by atoms with E-state index in [1.165, 1.54) is 10.6 Å². The molecule has 0 spiro atoms. The van der Waals surface area contributed by atoms with Crippen LogP contribution in [0.2, 0.25) is 0 Å². The summed E-state index contributed by atoms with van der Waals surface area (Å²) in [6.45, 7) is 5.61. The molecule has 0 saturated carbocycles. The first-order valence-corrected chi connectivity index (χ1v) is 6.75. The number of nitrogens with zero attached hydrogens (tertiary/aromatic N) is 1. The summed E-state index contributed by atoms with van der Waals surface area (Å²) in [5.74, 6) is -0.0740. The Morgan fingerprint density at radius 1 is 1.40 bits per heavy atom. The van der Waals surface area contributed by atoms with Gasteiger partial charge in [-0.15, -0.1) is 0 Å². The third-order valence-corrected chi connectivity index (χ3v) is 2.71. The summed E-state index contributed by atoms with van der Waals surface area (Å²) >= 11 is 0. The van der Waals surface area contributed by atoms with E-state index in [-0.39, 0.29) is 11.5 Å². The number of pyridine rings is 1. The molecule has 0 bridgehead atoms. The van der Waals surface area contributed by atoms with Crippen molar-refractivity contribution in [1.29, 1.82) is 0 Å². The molecule has 0 unspecified atom stereocenters. The van der Waals surface area contributed by atoms with Gasteiger partial charge in [-0.1, -0.05) is 13.8 Å². The monoisotopic (exact) mass is 281 g/mol. The molecule has 0 radical (unpaired) electrons. The van der Waals surface area contributed by atoms with E-state index in [0.29, 0.717) is 37.8 Å². The van der Waals surface area contributed by atoms with Gasteiger partial charge in [-0.2, -0.15) is 0 Å². The lowest BCUT2D eigenvalue weighted by Gasteiger charge is -2.10. The van der Waals surface area contributed by atoms with Crippen LogP contribution in [-0.2, 0) is 16.1 Å². The van der Waals surface area contributed by atoms with Crippen LogP contribution in [0.1, 0.15) is 20.3 Å². The van der Waals surface area contributed by atoms with Crippen molar-refractivity contribution in [3.05, 3.63) is 28.7 Å². The lowest BCUT2D eigenvalue weighted by molar-refractivity contribution is -0.116. The molecule has 0 aliphatic carbocycles. The molecule has 0 saturated heterocycles. The van der Waals surface area contributed by atoms with Crippen LogP contribution in [-0.4, -0.2) is 36.8 Å². The molecule has 1 aromatic heterocycles. The molecule has 2 N–H and O–H groups in total. The molecule has 0 aliphatic heterocycles. The molecule has 112 valence electrons. The Hall–Kier alpha value is -1.66. The highest BCUT2D eigenvalue weighted by molar-refractivity contribution is 5.90. The molecule has 0 atom stereocenters. The van der Waals surface area contributed by atoms with E-state index in [4.69, 9.17) is 4.74 Å². The van der Waals surface area contributed by atoms with Crippen molar-refractivity contribution in [2.75, 3.05) is 25.6 Å². The second kappa shape index (κ2) is 8.50. The van der Waals surface area contributed by atoms with Crippen LogP contribution in [0.5, 0.6) is 0 Å². The maximum absolute atomic E-state index is 11.7. The van der Waals surface area contributed by atoms with Crippen LogP contribution in [0.3, 0.4) is 0 Å². The number of hydrogen-bond donors (Lipinski definition) is 2. The van der Waals surface area contributed by atoms with E-state index in [2.05, 4.69) is 10.6 Å². The Morgan fingerprint density at radius 2 is 2.15 bits per heavy atom. The Kier molecular flexibility index (Phi) is 6.97. The number of carbonyl (C=O) groups is 1. The number of anilines is 1. The summed E-state index contributed by atoms with van der Waals surface area (Å²) in [7, 11) is 1.58. The molecule has 1 heterocycles. The number of amides is 1. The highest BCUT2D eigenvalue weighted by Crippen LogP contribution is 2.04. The molecule has 0 aromatic carbocycles. The highest BCUT2D eigenvalue weighted by Gasteiger charge is 2.04. The zero-order valence-electron chi connectivity index (χ0n) is 12.3. The Morgan fingerprint density at radius 3 is 2.80 bits per heavy atom. The standard InChI is InChI=1S/C14H23N3O3/c1-11(2)15-7-6-13(18)16-12-4-5-14(19)17(10-12)8-9-20-3/h4-5,10-11,15H,6-9H2,1-3H3,(H,16,18). The van der Waals surface area contributed by atoms with Gasteiger partial charge in [0.15, 0.2) is 0 Å². The van der Waals surface area contributed by atoms with Gasteiger partial charge in [0.05, 0.1) is 12.3 Å². The Balaban J connectivity index is 2.54. The van der Waals surface area contributed by atoms with Gasteiger partial charge in [-0.25, -0.2) is 0 Å². The fourth-order valence-corrected chi connectivity index (χ4v) is 1.67. The molecule has 20 heavy (non-hydrogen) atoms. The molecular weight excluding hydrogens is 258 g/mol. The topological polar surface area (TPSA) is 72.4 Å². The summed E-state index contributed by atoms with van der Waals surface area (Å²) in [5.41, 5.74) is 0.511. The number of ether oxygens (including phenoxy) is 1. The number of rotatable bonds is 8. The predicted octanol–water partition coefficient (Wildman–Crippen LogP) is 0.821. The number of carbonyl (C=O) groups excluding carboxylic acids is 1. The van der Waals surface area contributed by atoms with Crippen LogP contribution in [0, 0.1) is 0 Å². The van der Waals surface area contributed by atoms with Crippen LogP contribution in [0.25, 0.3) is 0 Å². The van der Waals surface area contributed by atoms with Crippen molar-refractivity contribution >= 4 is 11.6 Å². The van der Waals surface area contributed by atoms with Gasteiger partial charge in [0.25, 0.3) is 5.56 Å². The molecule has 0 fully saturated rings. The van der Waals surface area contributed by atoms with Gasteiger partial charge < -0.3 is 19.9 Å². The molecule has 0 aliphatic rings. The average Bonchev–Trinajstić information content (AvgIpc) is 2.39. The first kappa shape index (κ1) is 16.4. The maximum atomic E-state index is 11.7. The van der Waals surface area contributed by atoms with Crippen molar-refractivity contribution in [1.82, 2.24) is 9.88 Å². The number of hydrogen-bond acceptors (Lipinski definition) is 4. The van der Waals surface area contributed by atoms with Crippen molar-refractivity contribution in [2.45, 2.75) is 32.9 Å². The fourth-order valence-electron chi connectivity index (χ4n) is 1.67. The molecular formula is C14H23N3O3. The van der Waals surface area contributed by atoms with Gasteiger partial charge in [0, 0.05) is 44.9 Å². The van der Waals surface area contributed by atoms with Crippen molar-refractivity contribution in [3.8, 4) is 0 Å². The van der Waals surface area contributed by atoms with E-state index in [1.54, 1.807) is 19.4 Å². The quantitative estimate of drug-likeness (QED) is 0.740. The second-order valence-electron chi connectivity index (χ2n) is 4.85. The molecule has 1 aromatic rings. The lowest BCUT2D eigenvalue weighted by Crippen LogP contribution is -2.27.